The number of amides is 1. The van der Waals surface area contributed by atoms with Crippen LogP contribution in [0.2, 0.25) is 0 Å². The molecule has 0 spiro atoms. The maximum absolute atomic E-state index is 12.4. The molecule has 0 aliphatic carbocycles. The molecule has 22 heavy (non-hydrogen) atoms. The second kappa shape index (κ2) is 7.49. The van der Waals surface area contributed by atoms with Gasteiger partial charge in [0, 0.05) is 13.0 Å². The number of aliphatic hydroxyl groups excluding tert-OH is 1. The van der Waals surface area contributed by atoms with E-state index in [1.165, 1.54) is 0 Å². The number of nitrogens with zero attached hydrogens (tertiary/aromatic N) is 1. The third kappa shape index (κ3) is 3.71. The second-order valence-electron chi connectivity index (χ2n) is 5.75. The summed E-state index contributed by atoms with van der Waals surface area (Å²) in [5.41, 5.74) is 1.07. The molecule has 1 aromatic rings. The Kier molecular flexibility index (Phi) is 5.66. The van der Waals surface area contributed by atoms with Gasteiger partial charge in [-0.25, -0.2) is 0 Å². The van der Waals surface area contributed by atoms with Crippen molar-refractivity contribution >= 4 is 5.91 Å². The van der Waals surface area contributed by atoms with Crippen LogP contribution in [0.15, 0.2) is 18.2 Å². The molecule has 5 nitrogen and oxygen atoms in total. The smallest absolute Gasteiger partial charge is 0.223 e. The number of carbonyl (C=O) groups is 1. The second-order valence-corrected chi connectivity index (χ2v) is 5.75. The molecule has 0 aromatic heterocycles. The Hall–Kier alpha value is -1.75. The zero-order valence-corrected chi connectivity index (χ0v) is 13.5. The molecule has 2 atom stereocenters. The molecule has 1 saturated heterocycles. The lowest BCUT2D eigenvalue weighted by Crippen LogP contribution is -2.30. The lowest BCUT2D eigenvalue weighted by molar-refractivity contribution is -0.132. The van der Waals surface area contributed by atoms with Gasteiger partial charge in [-0.05, 0) is 43.9 Å². The third-order valence-corrected chi connectivity index (χ3v) is 4.14. The van der Waals surface area contributed by atoms with Gasteiger partial charge in [-0.2, -0.15) is 0 Å². The number of hydrogen-bond donors (Lipinski definition) is 1. The molecule has 2 rings (SSSR count). The van der Waals surface area contributed by atoms with Crippen LogP contribution < -0.4 is 9.47 Å². The normalized spacial score (nSPS) is 19.1. The number of aliphatic hydroxyl groups is 1. The fourth-order valence-electron chi connectivity index (χ4n) is 2.95. The number of benzene rings is 1. The van der Waals surface area contributed by atoms with Crippen molar-refractivity contribution < 1.29 is 19.4 Å². The molecule has 1 amide bonds. The summed E-state index contributed by atoms with van der Waals surface area (Å²) in [7, 11) is 3.22. The van der Waals surface area contributed by atoms with Crippen LogP contribution in [0.3, 0.4) is 0 Å². The highest BCUT2D eigenvalue weighted by molar-refractivity contribution is 5.77. The van der Waals surface area contributed by atoms with Gasteiger partial charge in [0.1, 0.15) is 0 Å². The summed E-state index contributed by atoms with van der Waals surface area (Å²) in [6.45, 7) is 2.49. The monoisotopic (exact) mass is 307 g/mol. The van der Waals surface area contributed by atoms with E-state index in [1.807, 2.05) is 23.1 Å². The topological polar surface area (TPSA) is 59.0 Å². The highest BCUT2D eigenvalue weighted by Crippen LogP contribution is 2.37. The number of hydrogen-bond acceptors (Lipinski definition) is 4. The van der Waals surface area contributed by atoms with Gasteiger partial charge in [-0.1, -0.05) is 6.07 Å². The first-order valence-electron chi connectivity index (χ1n) is 7.76. The minimum absolute atomic E-state index is 0.0845. The van der Waals surface area contributed by atoms with Crippen molar-refractivity contribution in [2.24, 2.45) is 0 Å². The summed E-state index contributed by atoms with van der Waals surface area (Å²) in [5, 5.41) is 9.35. The predicted molar refractivity (Wildman–Crippen MR) is 84.1 cm³/mol. The number of likely N-dealkylation sites (tertiary alicyclic amines) is 1. The molecular weight excluding hydrogens is 282 g/mol. The van der Waals surface area contributed by atoms with E-state index >= 15 is 0 Å². The molecule has 1 heterocycles. The number of ether oxygens (including phenoxy) is 2. The van der Waals surface area contributed by atoms with Crippen LogP contribution in [0, 0.1) is 0 Å². The summed E-state index contributed by atoms with van der Waals surface area (Å²) >= 11 is 0. The quantitative estimate of drug-likeness (QED) is 0.877. The Morgan fingerprint density at radius 3 is 2.73 bits per heavy atom. The number of methoxy groups -OCH3 is 2. The zero-order chi connectivity index (χ0) is 16.1. The average molecular weight is 307 g/mol. The first-order chi connectivity index (χ1) is 10.6. The minimum Gasteiger partial charge on any atom is -0.493 e. The van der Waals surface area contributed by atoms with Crippen molar-refractivity contribution in [3.05, 3.63) is 23.8 Å². The van der Waals surface area contributed by atoms with E-state index in [9.17, 15) is 9.90 Å². The molecule has 0 unspecified atom stereocenters. The van der Waals surface area contributed by atoms with Gasteiger partial charge in [-0.15, -0.1) is 0 Å². The van der Waals surface area contributed by atoms with Crippen LogP contribution in [0.5, 0.6) is 11.5 Å². The molecule has 122 valence electrons. The molecule has 0 radical (unpaired) electrons. The van der Waals surface area contributed by atoms with Crippen LogP contribution in [0.25, 0.3) is 0 Å². The maximum Gasteiger partial charge on any atom is 0.223 e. The van der Waals surface area contributed by atoms with E-state index in [1.54, 1.807) is 21.1 Å². The molecule has 1 aromatic carbocycles. The van der Waals surface area contributed by atoms with Crippen molar-refractivity contribution in [1.82, 2.24) is 4.90 Å². The van der Waals surface area contributed by atoms with Crippen LogP contribution >= 0.6 is 0 Å². The summed E-state index contributed by atoms with van der Waals surface area (Å²) in [5.74, 6) is 1.48. The van der Waals surface area contributed by atoms with E-state index in [4.69, 9.17) is 9.47 Å². The fourth-order valence-corrected chi connectivity index (χ4v) is 2.95. The van der Waals surface area contributed by atoms with Crippen LogP contribution in [0.4, 0.5) is 0 Å². The first-order valence-corrected chi connectivity index (χ1v) is 7.76. The summed E-state index contributed by atoms with van der Waals surface area (Å²) in [6.07, 6.45) is 2.41. The largest absolute Gasteiger partial charge is 0.493 e. The Bertz CT molecular complexity index is 515. The molecular formula is C17H25NO4. The van der Waals surface area contributed by atoms with Crippen LogP contribution in [0.1, 0.15) is 44.2 Å². The molecule has 0 saturated carbocycles. The Labute approximate surface area is 131 Å². The molecule has 5 heteroatoms. The van der Waals surface area contributed by atoms with E-state index in [2.05, 4.69) is 0 Å². The highest BCUT2D eigenvalue weighted by Gasteiger charge is 2.30. The Morgan fingerprint density at radius 2 is 2.09 bits per heavy atom. The molecule has 1 aliphatic rings. The molecule has 0 bridgehead atoms. The van der Waals surface area contributed by atoms with Gasteiger partial charge < -0.3 is 19.5 Å². The van der Waals surface area contributed by atoms with E-state index in [0.717, 1.165) is 24.9 Å². The number of carbonyl (C=O) groups excluding carboxylic acids is 1. The lowest BCUT2D eigenvalue weighted by atomic mass is 10.0. The van der Waals surface area contributed by atoms with Gasteiger partial charge >= 0.3 is 0 Å². The lowest BCUT2D eigenvalue weighted by Gasteiger charge is -2.26. The molecule has 1 aliphatic heterocycles. The summed E-state index contributed by atoms with van der Waals surface area (Å²) in [6, 6.07) is 5.90. The van der Waals surface area contributed by atoms with Gasteiger partial charge in [0.25, 0.3) is 0 Å². The van der Waals surface area contributed by atoms with Crippen LogP contribution in [-0.4, -0.2) is 42.8 Å². The van der Waals surface area contributed by atoms with Gasteiger partial charge in [0.05, 0.1) is 26.4 Å². The fraction of sp³-hybridized carbons (Fsp3) is 0.588. The average Bonchev–Trinajstić information content (AvgIpc) is 3.01. The van der Waals surface area contributed by atoms with E-state index in [-0.39, 0.29) is 11.9 Å². The predicted octanol–water partition coefficient (Wildman–Crippen LogP) is 2.53. The van der Waals surface area contributed by atoms with Gasteiger partial charge in [0.2, 0.25) is 5.91 Å². The number of rotatable bonds is 6. The van der Waals surface area contributed by atoms with Crippen LogP contribution in [-0.2, 0) is 4.79 Å². The summed E-state index contributed by atoms with van der Waals surface area (Å²) < 4.78 is 10.6. The first kappa shape index (κ1) is 16.6. The zero-order valence-electron chi connectivity index (χ0n) is 13.5. The van der Waals surface area contributed by atoms with Crippen molar-refractivity contribution in [2.45, 2.75) is 44.8 Å². The SMILES string of the molecule is COc1ccc([C@H]2CCCN2C(=O)CC[C@@H](C)O)cc1OC. The third-order valence-electron chi connectivity index (χ3n) is 4.14. The standard InChI is InChI=1S/C17H25NO4/c1-12(19)6-9-17(20)18-10-4-5-14(18)13-7-8-15(21-2)16(11-13)22-3/h7-8,11-12,14,19H,4-6,9-10H2,1-3H3/t12-,14-/m1/s1. The van der Waals surface area contributed by atoms with Crippen molar-refractivity contribution in [1.29, 1.82) is 0 Å². The minimum atomic E-state index is -0.439. The van der Waals surface area contributed by atoms with E-state index < -0.39 is 6.10 Å². The highest BCUT2D eigenvalue weighted by atomic mass is 16.5. The molecule has 1 fully saturated rings. The Morgan fingerprint density at radius 1 is 1.36 bits per heavy atom. The molecule has 1 N–H and O–H groups in total. The van der Waals surface area contributed by atoms with Crippen molar-refractivity contribution in [2.75, 3.05) is 20.8 Å². The van der Waals surface area contributed by atoms with Gasteiger partial charge in [-0.3, -0.25) is 4.79 Å². The Balaban J connectivity index is 2.14. The van der Waals surface area contributed by atoms with Crippen molar-refractivity contribution in [3.8, 4) is 11.5 Å². The maximum atomic E-state index is 12.4. The summed E-state index contributed by atoms with van der Waals surface area (Å²) in [4.78, 5) is 14.3. The van der Waals surface area contributed by atoms with Gasteiger partial charge in [0.15, 0.2) is 11.5 Å². The van der Waals surface area contributed by atoms with E-state index in [0.29, 0.717) is 24.3 Å². The van der Waals surface area contributed by atoms with Crippen molar-refractivity contribution in [3.63, 3.8) is 0 Å².